The first-order chi connectivity index (χ1) is 20.3. The number of benzene rings is 2. The minimum atomic E-state index is -1.11. The summed E-state index contributed by atoms with van der Waals surface area (Å²) in [6.45, 7) is 6.84. The summed E-state index contributed by atoms with van der Waals surface area (Å²) < 4.78 is 7.51. The van der Waals surface area contributed by atoms with Crippen molar-refractivity contribution in [2.24, 2.45) is 0 Å². The number of hydrogen-bond acceptors (Lipinski definition) is 6. The zero-order valence-electron chi connectivity index (χ0n) is 24.5. The van der Waals surface area contributed by atoms with Gasteiger partial charge in [-0.2, -0.15) is 5.10 Å². The minimum Gasteiger partial charge on any atom is -0.494 e. The van der Waals surface area contributed by atoms with E-state index in [1.165, 1.54) is 25.7 Å². The summed E-state index contributed by atoms with van der Waals surface area (Å²) >= 11 is 0. The summed E-state index contributed by atoms with van der Waals surface area (Å²) in [5.74, 6) is -0.209. The molecule has 1 amide bonds. The summed E-state index contributed by atoms with van der Waals surface area (Å²) in [6, 6.07) is 15.9. The van der Waals surface area contributed by atoms with Crippen LogP contribution in [0.25, 0.3) is 22.5 Å². The Morgan fingerprint density at radius 3 is 2.17 bits per heavy atom. The Kier molecular flexibility index (Phi) is 10.8. The van der Waals surface area contributed by atoms with E-state index in [9.17, 15) is 14.7 Å². The zero-order valence-corrected chi connectivity index (χ0v) is 24.5. The number of ether oxygens (including phenoxy) is 1. The molecular formula is C33H39N5O4. The van der Waals surface area contributed by atoms with E-state index in [2.05, 4.69) is 27.3 Å². The van der Waals surface area contributed by atoms with Gasteiger partial charge in [-0.25, -0.2) is 14.8 Å². The number of nitrogens with one attached hydrogen (secondary N) is 1. The molecule has 2 aromatic heterocycles. The molecule has 2 aromatic carbocycles. The predicted molar refractivity (Wildman–Crippen MR) is 162 cm³/mol. The van der Waals surface area contributed by atoms with Gasteiger partial charge in [0.25, 0.3) is 5.91 Å². The summed E-state index contributed by atoms with van der Waals surface area (Å²) in [5, 5.41) is 16.5. The van der Waals surface area contributed by atoms with Gasteiger partial charge in [0.2, 0.25) is 0 Å². The van der Waals surface area contributed by atoms with Gasteiger partial charge in [0.05, 0.1) is 6.61 Å². The number of carboxylic acids is 1. The van der Waals surface area contributed by atoms with Crippen molar-refractivity contribution < 1.29 is 19.4 Å². The molecule has 9 heteroatoms. The van der Waals surface area contributed by atoms with Crippen LogP contribution in [0.2, 0.25) is 0 Å². The third-order valence-corrected chi connectivity index (χ3v) is 6.98. The summed E-state index contributed by atoms with van der Waals surface area (Å²) in [6.07, 6.45) is 11.5. The maximum Gasteiger partial charge on any atom is 0.326 e. The molecule has 0 radical (unpaired) electrons. The van der Waals surface area contributed by atoms with Crippen molar-refractivity contribution in [1.29, 1.82) is 0 Å². The van der Waals surface area contributed by atoms with Crippen LogP contribution in [-0.4, -0.2) is 49.4 Å². The third kappa shape index (κ3) is 8.49. The Labute approximate surface area is 247 Å². The molecular weight excluding hydrogens is 530 g/mol. The van der Waals surface area contributed by atoms with Crippen LogP contribution in [0.3, 0.4) is 0 Å². The van der Waals surface area contributed by atoms with E-state index in [-0.39, 0.29) is 18.2 Å². The minimum absolute atomic E-state index is 0.0988. The van der Waals surface area contributed by atoms with E-state index in [1.807, 2.05) is 62.4 Å². The van der Waals surface area contributed by atoms with Gasteiger partial charge in [-0.1, -0.05) is 69.0 Å². The number of amides is 1. The SMILES string of the molecule is CCCCCCCOc1ccc(-c2cnc(-c3ccc(C[C@H](NC(=O)c4ccn(C(C)C)n4)C(=O)O)cc3)nc2)cc1. The molecule has 0 saturated heterocycles. The number of carbonyl (C=O) groups excluding carboxylic acids is 1. The van der Waals surface area contributed by atoms with Crippen LogP contribution in [0.15, 0.2) is 73.2 Å². The maximum atomic E-state index is 12.6. The van der Waals surface area contributed by atoms with Crippen molar-refractivity contribution in [1.82, 2.24) is 25.1 Å². The second kappa shape index (κ2) is 14.9. The van der Waals surface area contributed by atoms with Gasteiger partial charge in [0, 0.05) is 42.2 Å². The molecule has 9 nitrogen and oxygen atoms in total. The van der Waals surface area contributed by atoms with Gasteiger partial charge in [-0.15, -0.1) is 0 Å². The number of carbonyl (C=O) groups is 2. The number of rotatable bonds is 15. The summed E-state index contributed by atoms with van der Waals surface area (Å²) in [5.41, 5.74) is 3.66. The van der Waals surface area contributed by atoms with Gasteiger partial charge in [-0.3, -0.25) is 9.48 Å². The van der Waals surface area contributed by atoms with Gasteiger partial charge < -0.3 is 15.2 Å². The topological polar surface area (TPSA) is 119 Å². The lowest BCUT2D eigenvalue weighted by Crippen LogP contribution is -2.42. The van der Waals surface area contributed by atoms with Crippen LogP contribution in [0.5, 0.6) is 5.75 Å². The van der Waals surface area contributed by atoms with Crippen molar-refractivity contribution in [2.45, 2.75) is 71.4 Å². The molecule has 0 fully saturated rings. The second-order valence-electron chi connectivity index (χ2n) is 10.6. The Hall–Kier alpha value is -4.53. The summed E-state index contributed by atoms with van der Waals surface area (Å²) in [7, 11) is 0. The van der Waals surface area contributed by atoms with Gasteiger partial charge >= 0.3 is 5.97 Å². The molecule has 0 spiro atoms. The Bertz CT molecular complexity index is 1430. The summed E-state index contributed by atoms with van der Waals surface area (Å²) in [4.78, 5) is 33.5. The highest BCUT2D eigenvalue weighted by molar-refractivity contribution is 5.95. The smallest absolute Gasteiger partial charge is 0.326 e. The van der Waals surface area contributed by atoms with Crippen LogP contribution in [0, 0.1) is 0 Å². The fourth-order valence-corrected chi connectivity index (χ4v) is 4.47. The molecule has 0 aliphatic carbocycles. The average Bonchev–Trinajstić information content (AvgIpc) is 3.51. The average molecular weight is 570 g/mol. The second-order valence-corrected chi connectivity index (χ2v) is 10.6. The standard InChI is InChI=1S/C33H39N5O4/c1-4-5-6-7-8-19-42-28-15-13-25(14-16-28)27-21-34-31(35-22-27)26-11-9-24(10-12-26)20-30(33(40)41)36-32(39)29-17-18-38(37-29)23(2)3/h9-18,21-23,30H,4-8,19-20H2,1-3H3,(H,36,39)(H,40,41)/t30-/m0/s1. The molecule has 0 aliphatic rings. The van der Waals surface area contributed by atoms with E-state index < -0.39 is 17.9 Å². The first kappa shape index (κ1) is 30.4. The number of carboxylic acid groups (broad SMARTS) is 1. The highest BCUT2D eigenvalue weighted by atomic mass is 16.5. The Balaban J connectivity index is 1.32. The molecule has 0 aliphatic heterocycles. The molecule has 42 heavy (non-hydrogen) atoms. The van der Waals surface area contributed by atoms with Crippen molar-refractivity contribution >= 4 is 11.9 Å². The quantitative estimate of drug-likeness (QED) is 0.160. The molecule has 2 heterocycles. The van der Waals surface area contributed by atoms with Gasteiger partial charge in [0.1, 0.15) is 17.5 Å². The van der Waals surface area contributed by atoms with Crippen molar-refractivity contribution in [2.75, 3.05) is 6.61 Å². The van der Waals surface area contributed by atoms with E-state index in [1.54, 1.807) is 29.3 Å². The number of aliphatic carboxylic acids is 1. The molecule has 0 saturated carbocycles. The van der Waals surface area contributed by atoms with Crippen LogP contribution < -0.4 is 10.1 Å². The third-order valence-electron chi connectivity index (χ3n) is 6.98. The lowest BCUT2D eigenvalue weighted by molar-refractivity contribution is -0.139. The Morgan fingerprint density at radius 2 is 1.55 bits per heavy atom. The molecule has 1 atom stereocenters. The molecule has 220 valence electrons. The highest BCUT2D eigenvalue weighted by Gasteiger charge is 2.22. The molecule has 0 bridgehead atoms. The number of hydrogen-bond donors (Lipinski definition) is 2. The number of nitrogens with zero attached hydrogens (tertiary/aromatic N) is 4. The number of unbranched alkanes of at least 4 members (excludes halogenated alkanes) is 4. The van der Waals surface area contributed by atoms with Crippen molar-refractivity contribution in [3.05, 3.63) is 84.4 Å². The first-order valence-corrected chi connectivity index (χ1v) is 14.6. The molecule has 4 aromatic rings. The first-order valence-electron chi connectivity index (χ1n) is 14.6. The van der Waals surface area contributed by atoms with E-state index in [4.69, 9.17) is 4.74 Å². The monoisotopic (exact) mass is 569 g/mol. The van der Waals surface area contributed by atoms with Gasteiger partial charge in [-0.05, 0) is 49.6 Å². The van der Waals surface area contributed by atoms with E-state index >= 15 is 0 Å². The van der Waals surface area contributed by atoms with E-state index in [0.29, 0.717) is 5.82 Å². The van der Waals surface area contributed by atoms with E-state index in [0.717, 1.165) is 41.0 Å². The van der Waals surface area contributed by atoms with Crippen molar-refractivity contribution in [3.8, 4) is 28.3 Å². The molecule has 4 rings (SSSR count). The Morgan fingerprint density at radius 1 is 0.881 bits per heavy atom. The number of aromatic nitrogens is 4. The lowest BCUT2D eigenvalue weighted by Gasteiger charge is -2.14. The van der Waals surface area contributed by atoms with Crippen LogP contribution >= 0.6 is 0 Å². The van der Waals surface area contributed by atoms with Crippen molar-refractivity contribution in [3.63, 3.8) is 0 Å². The van der Waals surface area contributed by atoms with Crippen LogP contribution in [-0.2, 0) is 11.2 Å². The van der Waals surface area contributed by atoms with Crippen LogP contribution in [0.1, 0.15) is 75.0 Å². The molecule has 0 unspecified atom stereocenters. The normalized spacial score (nSPS) is 11.8. The van der Waals surface area contributed by atoms with Crippen LogP contribution in [0.4, 0.5) is 0 Å². The lowest BCUT2D eigenvalue weighted by atomic mass is 10.0. The van der Waals surface area contributed by atoms with Gasteiger partial charge in [0.15, 0.2) is 5.82 Å². The molecule has 2 N–H and O–H groups in total. The largest absolute Gasteiger partial charge is 0.494 e. The zero-order chi connectivity index (χ0) is 29.9. The fraction of sp³-hybridized carbons (Fsp3) is 0.364. The fourth-order valence-electron chi connectivity index (χ4n) is 4.47. The maximum absolute atomic E-state index is 12.6. The highest BCUT2D eigenvalue weighted by Crippen LogP contribution is 2.24. The predicted octanol–water partition coefficient (Wildman–Crippen LogP) is 6.36.